The van der Waals surface area contributed by atoms with Crippen molar-refractivity contribution in [3.8, 4) is 0 Å². The van der Waals surface area contributed by atoms with Crippen LogP contribution in [0.3, 0.4) is 0 Å². The minimum atomic E-state index is -3.62. The van der Waals surface area contributed by atoms with Crippen molar-refractivity contribution < 1.29 is 8.42 Å². The standard InChI is InChI=1S/C9H10ClNO2S/c1-7-3-5-9(6-4-7)14(12,13)11-8(2)10/h3-6H,1-2H3/b11-8-. The summed E-state index contributed by atoms with van der Waals surface area (Å²) in [4.78, 5) is 0.156. The number of halogens is 1. The van der Waals surface area contributed by atoms with E-state index in [9.17, 15) is 8.42 Å². The summed E-state index contributed by atoms with van der Waals surface area (Å²) >= 11 is 5.41. The second kappa shape index (κ2) is 4.11. The van der Waals surface area contributed by atoms with Gasteiger partial charge in [-0.05, 0) is 26.0 Å². The van der Waals surface area contributed by atoms with E-state index in [1.165, 1.54) is 19.1 Å². The number of hydrogen-bond donors (Lipinski definition) is 0. The summed E-state index contributed by atoms with van der Waals surface area (Å²) in [6, 6.07) is 6.44. The van der Waals surface area contributed by atoms with Crippen LogP contribution in [0.15, 0.2) is 33.6 Å². The Morgan fingerprint density at radius 1 is 1.29 bits per heavy atom. The van der Waals surface area contributed by atoms with Crippen LogP contribution in [0.4, 0.5) is 0 Å². The fourth-order valence-electron chi connectivity index (χ4n) is 0.929. The highest BCUT2D eigenvalue weighted by atomic mass is 35.5. The van der Waals surface area contributed by atoms with Gasteiger partial charge in [0.1, 0.15) is 5.17 Å². The SMILES string of the molecule is C/C(Cl)=N/S(=O)(=O)c1ccc(C)cc1. The van der Waals surface area contributed by atoms with Crippen molar-refractivity contribution >= 4 is 26.8 Å². The number of sulfonamides is 1. The average Bonchev–Trinajstić information content (AvgIpc) is 2.02. The van der Waals surface area contributed by atoms with Crippen LogP contribution in [0.2, 0.25) is 0 Å². The molecule has 0 heterocycles. The number of aryl methyl sites for hydroxylation is 1. The molecule has 0 bridgehead atoms. The zero-order valence-electron chi connectivity index (χ0n) is 7.86. The van der Waals surface area contributed by atoms with Gasteiger partial charge < -0.3 is 0 Å². The summed E-state index contributed by atoms with van der Waals surface area (Å²) in [5.74, 6) is 0. The molecule has 0 radical (unpaired) electrons. The van der Waals surface area contributed by atoms with Gasteiger partial charge in [-0.1, -0.05) is 29.3 Å². The van der Waals surface area contributed by atoms with Gasteiger partial charge in [-0.3, -0.25) is 0 Å². The van der Waals surface area contributed by atoms with Crippen LogP contribution in [0.5, 0.6) is 0 Å². The fraction of sp³-hybridized carbons (Fsp3) is 0.222. The van der Waals surface area contributed by atoms with Crippen molar-refractivity contribution in [3.05, 3.63) is 29.8 Å². The highest BCUT2D eigenvalue weighted by molar-refractivity contribution is 7.90. The van der Waals surface area contributed by atoms with Crippen molar-refractivity contribution in [1.82, 2.24) is 0 Å². The molecule has 0 N–H and O–H groups in total. The largest absolute Gasteiger partial charge is 0.283 e. The summed E-state index contributed by atoms with van der Waals surface area (Å²) in [5.41, 5.74) is 0.996. The molecule has 0 fully saturated rings. The highest BCUT2D eigenvalue weighted by Gasteiger charge is 2.11. The molecule has 0 saturated heterocycles. The zero-order chi connectivity index (χ0) is 10.8. The van der Waals surface area contributed by atoms with Crippen LogP contribution < -0.4 is 0 Å². The Labute approximate surface area is 88.5 Å². The third-order valence-corrected chi connectivity index (χ3v) is 3.13. The van der Waals surface area contributed by atoms with Crippen molar-refractivity contribution in [2.75, 3.05) is 0 Å². The lowest BCUT2D eigenvalue weighted by molar-refractivity contribution is 0.598. The first-order chi connectivity index (χ1) is 6.42. The van der Waals surface area contributed by atoms with Gasteiger partial charge in [-0.15, -0.1) is 0 Å². The van der Waals surface area contributed by atoms with Crippen molar-refractivity contribution in [2.45, 2.75) is 18.7 Å². The molecule has 1 aromatic rings. The van der Waals surface area contributed by atoms with E-state index in [-0.39, 0.29) is 10.1 Å². The molecule has 1 rings (SSSR count). The second-order valence-corrected chi connectivity index (χ2v) is 5.03. The first kappa shape index (κ1) is 11.2. The molecule has 3 nitrogen and oxygen atoms in total. The zero-order valence-corrected chi connectivity index (χ0v) is 9.43. The third-order valence-electron chi connectivity index (χ3n) is 1.56. The van der Waals surface area contributed by atoms with Crippen molar-refractivity contribution in [3.63, 3.8) is 0 Å². The van der Waals surface area contributed by atoms with Crippen LogP contribution in [-0.2, 0) is 10.0 Å². The van der Waals surface area contributed by atoms with E-state index in [0.717, 1.165) is 5.56 Å². The summed E-state index contributed by atoms with van der Waals surface area (Å²) < 4.78 is 26.3. The molecular formula is C9H10ClNO2S. The monoisotopic (exact) mass is 231 g/mol. The average molecular weight is 232 g/mol. The minimum Gasteiger partial charge on any atom is -0.199 e. The van der Waals surface area contributed by atoms with Gasteiger partial charge in [0.2, 0.25) is 0 Å². The summed E-state index contributed by atoms with van der Waals surface area (Å²) in [5, 5.41) is 0.00516. The molecule has 76 valence electrons. The topological polar surface area (TPSA) is 46.5 Å². The first-order valence-electron chi connectivity index (χ1n) is 3.95. The maximum absolute atomic E-state index is 11.5. The lowest BCUT2D eigenvalue weighted by atomic mass is 10.2. The maximum Gasteiger partial charge on any atom is 0.283 e. The van der Waals surface area contributed by atoms with Crippen LogP contribution in [-0.4, -0.2) is 13.6 Å². The Morgan fingerprint density at radius 3 is 2.21 bits per heavy atom. The summed E-state index contributed by atoms with van der Waals surface area (Å²) in [6.07, 6.45) is 0. The molecule has 5 heteroatoms. The Balaban J connectivity index is 3.18. The van der Waals surface area contributed by atoms with E-state index >= 15 is 0 Å². The molecule has 14 heavy (non-hydrogen) atoms. The van der Waals surface area contributed by atoms with E-state index in [0.29, 0.717) is 0 Å². The molecule has 1 aromatic carbocycles. The summed E-state index contributed by atoms with van der Waals surface area (Å²) in [6.45, 7) is 3.31. The Kier molecular flexibility index (Phi) is 3.29. The van der Waals surface area contributed by atoms with Crippen molar-refractivity contribution in [2.24, 2.45) is 4.40 Å². The van der Waals surface area contributed by atoms with E-state index in [1.54, 1.807) is 12.1 Å². The van der Waals surface area contributed by atoms with Crippen LogP contribution >= 0.6 is 11.6 Å². The molecule has 0 atom stereocenters. The predicted octanol–water partition coefficient (Wildman–Crippen LogP) is 2.34. The first-order valence-corrected chi connectivity index (χ1v) is 5.77. The molecule has 0 aliphatic carbocycles. The molecule has 0 spiro atoms. The van der Waals surface area contributed by atoms with Gasteiger partial charge in [-0.25, -0.2) is 0 Å². The number of hydrogen-bond acceptors (Lipinski definition) is 2. The lowest BCUT2D eigenvalue weighted by Crippen LogP contribution is -1.98. The van der Waals surface area contributed by atoms with Gasteiger partial charge in [-0.2, -0.15) is 12.8 Å². The normalized spacial score (nSPS) is 12.9. The highest BCUT2D eigenvalue weighted by Crippen LogP contribution is 2.13. The minimum absolute atomic E-state index is 0.00516. The Bertz CT molecular complexity index is 444. The van der Waals surface area contributed by atoms with Crippen LogP contribution in [0.25, 0.3) is 0 Å². The van der Waals surface area contributed by atoms with E-state index in [2.05, 4.69) is 4.40 Å². The Morgan fingerprint density at radius 2 is 1.79 bits per heavy atom. The molecule has 0 unspecified atom stereocenters. The van der Waals surface area contributed by atoms with Crippen molar-refractivity contribution in [1.29, 1.82) is 0 Å². The van der Waals surface area contributed by atoms with Crippen LogP contribution in [0.1, 0.15) is 12.5 Å². The summed E-state index contributed by atoms with van der Waals surface area (Å²) in [7, 11) is -3.62. The molecule has 0 aliphatic heterocycles. The maximum atomic E-state index is 11.5. The van der Waals surface area contributed by atoms with Gasteiger partial charge in [0, 0.05) is 0 Å². The fourth-order valence-corrected chi connectivity index (χ4v) is 2.12. The lowest BCUT2D eigenvalue weighted by Gasteiger charge is -1.98. The second-order valence-electron chi connectivity index (χ2n) is 2.88. The number of benzene rings is 1. The quantitative estimate of drug-likeness (QED) is 0.734. The Hall–Kier alpha value is -0.870. The number of nitrogens with zero attached hydrogens (tertiary/aromatic N) is 1. The predicted molar refractivity (Wildman–Crippen MR) is 57.3 cm³/mol. The van der Waals surface area contributed by atoms with Gasteiger partial charge >= 0.3 is 0 Å². The van der Waals surface area contributed by atoms with Crippen LogP contribution in [0, 0.1) is 6.92 Å². The van der Waals surface area contributed by atoms with E-state index in [4.69, 9.17) is 11.6 Å². The van der Waals surface area contributed by atoms with E-state index in [1.807, 2.05) is 6.92 Å². The van der Waals surface area contributed by atoms with Gasteiger partial charge in [0.05, 0.1) is 4.90 Å². The number of rotatable bonds is 2. The third kappa shape index (κ3) is 2.82. The smallest absolute Gasteiger partial charge is 0.199 e. The van der Waals surface area contributed by atoms with Gasteiger partial charge in [0.25, 0.3) is 10.0 Å². The molecule has 0 saturated carbocycles. The van der Waals surface area contributed by atoms with Gasteiger partial charge in [0.15, 0.2) is 0 Å². The molecule has 0 aromatic heterocycles. The molecule has 0 amide bonds. The molecule has 0 aliphatic rings. The molecular weight excluding hydrogens is 222 g/mol. The van der Waals surface area contributed by atoms with E-state index < -0.39 is 10.0 Å².